The summed E-state index contributed by atoms with van der Waals surface area (Å²) in [7, 11) is 1.39. The normalized spacial score (nSPS) is 12.4. The van der Waals surface area contributed by atoms with Crippen molar-refractivity contribution in [3.8, 4) is 0 Å². The molecule has 0 aliphatic rings. The molecule has 17 heavy (non-hydrogen) atoms. The van der Waals surface area contributed by atoms with Gasteiger partial charge >= 0.3 is 6.18 Å². The number of rotatable bonds is 0. The second-order valence-corrected chi connectivity index (χ2v) is 4.99. The van der Waals surface area contributed by atoms with E-state index in [1.807, 2.05) is 0 Å². The van der Waals surface area contributed by atoms with Crippen molar-refractivity contribution in [2.45, 2.75) is 13.1 Å². The molecule has 0 fully saturated rings. The maximum absolute atomic E-state index is 12.9. The van der Waals surface area contributed by atoms with Gasteiger partial charge < -0.3 is 4.57 Å². The largest absolute Gasteiger partial charge is 0.432 e. The lowest BCUT2D eigenvalue weighted by Gasteiger charge is -2.09. The third kappa shape index (κ3) is 1.85. The van der Waals surface area contributed by atoms with E-state index < -0.39 is 11.9 Å². The van der Waals surface area contributed by atoms with Gasteiger partial charge in [0.25, 0.3) is 0 Å². The molecular weight excluding hydrogens is 318 g/mol. The van der Waals surface area contributed by atoms with Crippen molar-refractivity contribution in [2.24, 2.45) is 7.05 Å². The molecule has 0 saturated carbocycles. The van der Waals surface area contributed by atoms with Crippen molar-refractivity contribution < 1.29 is 13.2 Å². The molecular formula is C11H8BrClF3N. The molecule has 0 spiro atoms. The molecule has 0 aliphatic heterocycles. The molecule has 2 aromatic rings. The van der Waals surface area contributed by atoms with Gasteiger partial charge in [-0.05, 0) is 34.5 Å². The summed E-state index contributed by atoms with van der Waals surface area (Å²) in [5.41, 5.74) is 0.442. The molecule has 92 valence electrons. The van der Waals surface area contributed by atoms with Crippen LogP contribution >= 0.6 is 27.5 Å². The first kappa shape index (κ1) is 12.8. The number of aromatic nitrogens is 1. The molecule has 0 bridgehead atoms. The fraction of sp³-hybridized carbons (Fsp3) is 0.273. The Bertz CT molecular complexity index is 601. The fourth-order valence-electron chi connectivity index (χ4n) is 1.99. The summed E-state index contributed by atoms with van der Waals surface area (Å²) in [6.07, 6.45) is -4.40. The molecule has 0 unspecified atom stereocenters. The topological polar surface area (TPSA) is 4.93 Å². The predicted molar refractivity (Wildman–Crippen MR) is 65.4 cm³/mol. The van der Waals surface area contributed by atoms with Crippen LogP contribution in [0.3, 0.4) is 0 Å². The van der Waals surface area contributed by atoms with Crippen molar-refractivity contribution >= 4 is 38.4 Å². The standard InChI is InChI=1S/C11H8BrClF3N/c1-5-7(13)4-3-6-8(12)10(11(14,15)16)17(2)9(5)6/h3-4H,1-2H3. The molecule has 1 heterocycles. The van der Waals surface area contributed by atoms with E-state index in [0.29, 0.717) is 21.5 Å². The Morgan fingerprint density at radius 3 is 2.41 bits per heavy atom. The van der Waals surface area contributed by atoms with Crippen LogP contribution in [-0.4, -0.2) is 4.57 Å². The highest BCUT2D eigenvalue weighted by Crippen LogP contribution is 2.42. The van der Waals surface area contributed by atoms with Crippen LogP contribution in [0, 0.1) is 6.92 Å². The van der Waals surface area contributed by atoms with Crippen LogP contribution in [-0.2, 0) is 13.2 Å². The summed E-state index contributed by atoms with van der Waals surface area (Å²) in [6, 6.07) is 3.19. The van der Waals surface area contributed by atoms with Crippen molar-refractivity contribution in [2.75, 3.05) is 0 Å². The summed E-state index contributed by atoms with van der Waals surface area (Å²) in [6.45, 7) is 1.71. The molecule has 0 amide bonds. The average molecular weight is 327 g/mol. The maximum atomic E-state index is 12.9. The smallest absolute Gasteiger partial charge is 0.339 e. The summed E-state index contributed by atoms with van der Waals surface area (Å²) < 4.78 is 39.9. The first-order valence-corrected chi connectivity index (χ1v) is 5.92. The quantitative estimate of drug-likeness (QED) is 0.647. The molecule has 1 aromatic heterocycles. The highest BCUT2D eigenvalue weighted by molar-refractivity contribution is 9.10. The number of halogens is 5. The van der Waals surface area contributed by atoms with Crippen LogP contribution in [0.4, 0.5) is 13.2 Å². The molecule has 6 heteroatoms. The van der Waals surface area contributed by atoms with Crippen LogP contribution in [0.5, 0.6) is 0 Å². The van der Waals surface area contributed by atoms with Gasteiger partial charge in [0.1, 0.15) is 5.69 Å². The molecule has 0 atom stereocenters. The minimum atomic E-state index is -4.40. The lowest BCUT2D eigenvalue weighted by molar-refractivity contribution is -0.143. The van der Waals surface area contributed by atoms with Gasteiger partial charge in [-0.25, -0.2) is 0 Å². The molecule has 1 nitrogen and oxygen atoms in total. The van der Waals surface area contributed by atoms with E-state index in [1.54, 1.807) is 19.1 Å². The Hall–Kier alpha value is -0.680. The van der Waals surface area contributed by atoms with Crippen molar-refractivity contribution in [3.05, 3.63) is 32.9 Å². The molecule has 0 radical (unpaired) electrons. The number of nitrogens with zero attached hydrogens (tertiary/aromatic N) is 1. The molecule has 0 saturated heterocycles. The molecule has 0 N–H and O–H groups in total. The third-order valence-electron chi connectivity index (χ3n) is 2.75. The van der Waals surface area contributed by atoms with Crippen LogP contribution in [0.15, 0.2) is 16.6 Å². The number of hydrogen-bond acceptors (Lipinski definition) is 0. The lowest BCUT2D eigenvalue weighted by atomic mass is 10.1. The Balaban J connectivity index is 2.96. The van der Waals surface area contributed by atoms with Gasteiger partial charge in [0.2, 0.25) is 0 Å². The highest BCUT2D eigenvalue weighted by Gasteiger charge is 2.38. The lowest BCUT2D eigenvalue weighted by Crippen LogP contribution is -2.11. The molecule has 2 rings (SSSR count). The van der Waals surface area contributed by atoms with Crippen LogP contribution < -0.4 is 0 Å². The van der Waals surface area contributed by atoms with Gasteiger partial charge in [-0.2, -0.15) is 13.2 Å². The van der Waals surface area contributed by atoms with Gasteiger partial charge in [-0.1, -0.05) is 17.7 Å². The number of fused-ring (bicyclic) bond motifs is 1. The van der Waals surface area contributed by atoms with Gasteiger partial charge in [-0.15, -0.1) is 0 Å². The van der Waals surface area contributed by atoms with Crippen molar-refractivity contribution in [1.82, 2.24) is 4.57 Å². The Labute approximate surface area is 109 Å². The molecule has 0 aliphatic carbocycles. The first-order chi connectivity index (χ1) is 7.75. The Morgan fingerprint density at radius 2 is 1.88 bits per heavy atom. The fourth-order valence-corrected chi connectivity index (χ4v) is 2.95. The van der Waals surface area contributed by atoms with E-state index in [9.17, 15) is 13.2 Å². The summed E-state index contributed by atoms with van der Waals surface area (Å²) in [5, 5.41) is 0.973. The predicted octanol–water partition coefficient (Wildman–Crippen LogP) is 4.92. The zero-order chi connectivity index (χ0) is 13.0. The second-order valence-electron chi connectivity index (χ2n) is 3.79. The minimum Gasteiger partial charge on any atom is -0.339 e. The maximum Gasteiger partial charge on any atom is 0.432 e. The van der Waals surface area contributed by atoms with E-state index in [2.05, 4.69) is 15.9 Å². The number of alkyl halides is 3. The zero-order valence-electron chi connectivity index (χ0n) is 8.99. The van der Waals surface area contributed by atoms with E-state index in [1.165, 1.54) is 7.05 Å². The van der Waals surface area contributed by atoms with Gasteiger partial charge in [0.05, 0.1) is 9.99 Å². The van der Waals surface area contributed by atoms with Gasteiger partial charge in [-0.3, -0.25) is 0 Å². The number of aryl methyl sites for hydroxylation is 2. The van der Waals surface area contributed by atoms with Gasteiger partial charge in [0, 0.05) is 17.5 Å². The van der Waals surface area contributed by atoms with Crippen LogP contribution in [0.1, 0.15) is 11.3 Å². The SMILES string of the molecule is Cc1c(Cl)ccc2c(Br)c(C(F)(F)F)n(C)c12. The summed E-state index contributed by atoms with van der Waals surface area (Å²) in [5.74, 6) is 0. The second kappa shape index (κ2) is 3.92. The van der Waals surface area contributed by atoms with Crippen LogP contribution in [0.2, 0.25) is 5.02 Å². The van der Waals surface area contributed by atoms with E-state index in [-0.39, 0.29) is 4.47 Å². The monoisotopic (exact) mass is 325 g/mol. The van der Waals surface area contributed by atoms with Crippen molar-refractivity contribution in [3.63, 3.8) is 0 Å². The van der Waals surface area contributed by atoms with E-state index in [4.69, 9.17) is 11.6 Å². The van der Waals surface area contributed by atoms with E-state index in [0.717, 1.165) is 4.57 Å². The van der Waals surface area contributed by atoms with Gasteiger partial charge in [0.15, 0.2) is 0 Å². The Morgan fingerprint density at radius 1 is 1.29 bits per heavy atom. The minimum absolute atomic E-state index is 0.0577. The van der Waals surface area contributed by atoms with Crippen molar-refractivity contribution in [1.29, 1.82) is 0 Å². The highest BCUT2D eigenvalue weighted by atomic mass is 79.9. The van der Waals surface area contributed by atoms with E-state index >= 15 is 0 Å². The Kier molecular flexibility index (Phi) is 2.94. The molecule has 1 aromatic carbocycles. The number of benzene rings is 1. The zero-order valence-corrected chi connectivity index (χ0v) is 11.3. The summed E-state index contributed by atoms with van der Waals surface area (Å²) >= 11 is 8.94. The average Bonchev–Trinajstić information content (AvgIpc) is 2.44. The number of hydrogen-bond donors (Lipinski definition) is 0. The summed E-state index contributed by atoms with van der Waals surface area (Å²) in [4.78, 5) is 0. The third-order valence-corrected chi connectivity index (χ3v) is 3.96. The first-order valence-electron chi connectivity index (χ1n) is 4.75. The van der Waals surface area contributed by atoms with Crippen LogP contribution in [0.25, 0.3) is 10.9 Å².